The summed E-state index contributed by atoms with van der Waals surface area (Å²) in [4.78, 5) is 12.2. The number of hydrogen-bond acceptors (Lipinski definition) is 4. The van der Waals surface area contributed by atoms with Crippen LogP contribution in [0.5, 0.6) is 5.75 Å². The Bertz CT molecular complexity index is 537. The summed E-state index contributed by atoms with van der Waals surface area (Å²) in [6.07, 6.45) is 0.340. The van der Waals surface area contributed by atoms with Gasteiger partial charge in [-0.3, -0.25) is 4.79 Å². The lowest BCUT2D eigenvalue weighted by atomic mass is 9.96. The molecule has 21 heavy (non-hydrogen) atoms. The van der Waals surface area contributed by atoms with E-state index >= 15 is 0 Å². The molecule has 1 aromatic rings. The highest BCUT2D eigenvalue weighted by molar-refractivity contribution is 6.01. The molecule has 1 atom stereocenters. The van der Waals surface area contributed by atoms with E-state index < -0.39 is 18.1 Å². The number of para-hydroxylation sites is 1. The van der Waals surface area contributed by atoms with Gasteiger partial charge in [-0.05, 0) is 25.5 Å². The van der Waals surface area contributed by atoms with Crippen LogP contribution in [0.3, 0.4) is 0 Å². The molecule has 6 nitrogen and oxygen atoms in total. The third-order valence-corrected chi connectivity index (χ3v) is 3.12. The van der Waals surface area contributed by atoms with Crippen LogP contribution in [0.15, 0.2) is 29.4 Å². The largest absolute Gasteiger partial charge is 0.434 e. The Morgan fingerprint density at radius 3 is 2.67 bits per heavy atom. The fraction of sp³-hybridized carbons (Fsp3) is 0.385. The number of carbonyl (C=O) groups excluding carboxylic acids is 1. The number of carbonyl (C=O) groups is 1. The molecule has 4 N–H and O–H groups in total. The van der Waals surface area contributed by atoms with E-state index in [4.69, 9.17) is 10.9 Å². The van der Waals surface area contributed by atoms with E-state index in [0.717, 1.165) is 0 Å². The summed E-state index contributed by atoms with van der Waals surface area (Å²) >= 11 is 0. The average Bonchev–Trinajstić information content (AvgIpc) is 2.45. The van der Waals surface area contributed by atoms with Crippen LogP contribution in [0.2, 0.25) is 0 Å². The van der Waals surface area contributed by atoms with Gasteiger partial charge in [0.05, 0.1) is 11.1 Å². The molecule has 0 aliphatic rings. The molecule has 0 radical (unpaired) electrons. The first kappa shape index (κ1) is 16.7. The van der Waals surface area contributed by atoms with Crippen molar-refractivity contribution >= 4 is 11.7 Å². The van der Waals surface area contributed by atoms with Gasteiger partial charge in [0, 0.05) is 0 Å². The van der Waals surface area contributed by atoms with E-state index in [9.17, 15) is 13.6 Å². The lowest BCUT2D eigenvalue weighted by molar-refractivity contribution is -0.0501. The minimum Gasteiger partial charge on any atom is -0.434 e. The van der Waals surface area contributed by atoms with Gasteiger partial charge in [0.2, 0.25) is 0 Å². The number of nitrogens with zero attached hydrogens (tertiary/aromatic N) is 1. The van der Waals surface area contributed by atoms with Crippen molar-refractivity contribution in [2.45, 2.75) is 32.4 Å². The number of alkyl halides is 2. The summed E-state index contributed by atoms with van der Waals surface area (Å²) in [5.74, 6) is -1.10. The van der Waals surface area contributed by atoms with E-state index in [1.807, 2.05) is 0 Å². The van der Waals surface area contributed by atoms with Crippen molar-refractivity contribution in [2.24, 2.45) is 10.9 Å². The smallest absolute Gasteiger partial charge is 0.387 e. The van der Waals surface area contributed by atoms with Crippen molar-refractivity contribution in [3.05, 3.63) is 29.8 Å². The number of ether oxygens (including phenoxy) is 1. The van der Waals surface area contributed by atoms with Crippen LogP contribution in [0.1, 0.15) is 30.6 Å². The fourth-order valence-corrected chi connectivity index (χ4v) is 1.61. The predicted octanol–water partition coefficient (Wildman–Crippen LogP) is 1.93. The molecule has 1 rings (SSSR count). The van der Waals surface area contributed by atoms with Crippen molar-refractivity contribution < 1.29 is 23.5 Å². The van der Waals surface area contributed by atoms with Gasteiger partial charge in [0.1, 0.15) is 5.75 Å². The molecule has 0 fully saturated rings. The molecule has 8 heteroatoms. The normalized spacial score (nSPS) is 14.6. The zero-order chi connectivity index (χ0) is 16.0. The minimum atomic E-state index is -3.04. The van der Waals surface area contributed by atoms with Gasteiger partial charge >= 0.3 is 6.61 Å². The van der Waals surface area contributed by atoms with Gasteiger partial charge in [-0.2, -0.15) is 8.78 Å². The monoisotopic (exact) mass is 301 g/mol. The van der Waals surface area contributed by atoms with E-state index in [2.05, 4.69) is 15.2 Å². The molecular formula is C13H17F2N3O3. The highest BCUT2D eigenvalue weighted by atomic mass is 19.3. The minimum absolute atomic E-state index is 0.0665. The maximum atomic E-state index is 12.3. The number of hydrogen-bond donors (Lipinski definition) is 3. The highest BCUT2D eigenvalue weighted by Crippen LogP contribution is 2.21. The summed E-state index contributed by atoms with van der Waals surface area (Å²) in [5.41, 5.74) is 4.37. The van der Waals surface area contributed by atoms with Crippen molar-refractivity contribution in [1.29, 1.82) is 0 Å². The SMILES string of the molecule is CCC(C)(NC(=O)c1ccccc1OC(F)F)/C(N)=N/O. The molecule has 0 saturated carbocycles. The van der Waals surface area contributed by atoms with Crippen molar-refractivity contribution in [3.63, 3.8) is 0 Å². The quantitative estimate of drug-likeness (QED) is 0.324. The topological polar surface area (TPSA) is 96.9 Å². The van der Waals surface area contributed by atoms with E-state index in [1.165, 1.54) is 24.3 Å². The zero-order valence-electron chi connectivity index (χ0n) is 11.6. The van der Waals surface area contributed by atoms with Crippen LogP contribution < -0.4 is 15.8 Å². The van der Waals surface area contributed by atoms with Crippen molar-refractivity contribution in [1.82, 2.24) is 5.32 Å². The lowest BCUT2D eigenvalue weighted by Gasteiger charge is -2.28. The van der Waals surface area contributed by atoms with Crippen LogP contribution in [0.4, 0.5) is 8.78 Å². The van der Waals surface area contributed by atoms with Crippen molar-refractivity contribution in [3.8, 4) is 5.75 Å². The van der Waals surface area contributed by atoms with Gasteiger partial charge in [-0.15, -0.1) is 0 Å². The summed E-state index contributed by atoms with van der Waals surface area (Å²) in [6.45, 7) is 0.233. The first-order chi connectivity index (χ1) is 9.84. The highest BCUT2D eigenvalue weighted by Gasteiger charge is 2.31. The molecule has 1 unspecified atom stereocenters. The second-order valence-corrected chi connectivity index (χ2v) is 4.50. The van der Waals surface area contributed by atoms with Crippen LogP contribution in [-0.4, -0.2) is 29.1 Å². The summed E-state index contributed by atoms with van der Waals surface area (Å²) in [7, 11) is 0. The van der Waals surface area contributed by atoms with Crippen LogP contribution in [0.25, 0.3) is 0 Å². The number of amidine groups is 1. The molecule has 0 spiro atoms. The number of amides is 1. The fourth-order valence-electron chi connectivity index (χ4n) is 1.61. The molecule has 0 heterocycles. The molecular weight excluding hydrogens is 284 g/mol. The predicted molar refractivity (Wildman–Crippen MR) is 72.6 cm³/mol. The number of oxime groups is 1. The third kappa shape index (κ3) is 4.04. The maximum absolute atomic E-state index is 12.3. The van der Waals surface area contributed by atoms with Crippen molar-refractivity contribution in [2.75, 3.05) is 0 Å². The number of rotatable bonds is 6. The number of nitrogens with two attached hydrogens (primary N) is 1. The van der Waals surface area contributed by atoms with Gasteiger partial charge in [-0.1, -0.05) is 24.2 Å². The van der Waals surface area contributed by atoms with Gasteiger partial charge in [-0.25, -0.2) is 0 Å². The molecule has 1 aromatic carbocycles. The lowest BCUT2D eigenvalue weighted by Crippen LogP contribution is -2.55. The maximum Gasteiger partial charge on any atom is 0.387 e. The van der Waals surface area contributed by atoms with Crippen LogP contribution in [0, 0.1) is 0 Å². The summed E-state index contributed by atoms with van der Waals surface area (Å²) < 4.78 is 28.9. The molecule has 116 valence electrons. The standard InChI is InChI=1S/C13H17F2N3O3/c1-3-13(2,11(16)18-20)17-10(19)8-6-4-5-7-9(8)21-12(14)15/h4-7,12,20H,3H2,1-2H3,(H2,16,18)(H,17,19). The third-order valence-electron chi connectivity index (χ3n) is 3.12. The molecule has 0 saturated heterocycles. The number of nitrogens with one attached hydrogen (secondary N) is 1. The zero-order valence-corrected chi connectivity index (χ0v) is 11.6. The Kier molecular flexibility index (Phi) is 5.45. The Labute approximate surface area is 120 Å². The van der Waals surface area contributed by atoms with Gasteiger partial charge < -0.3 is 21.0 Å². The molecule has 0 bridgehead atoms. The van der Waals surface area contributed by atoms with Gasteiger partial charge in [0.25, 0.3) is 5.91 Å². The van der Waals surface area contributed by atoms with E-state index in [-0.39, 0.29) is 17.1 Å². The van der Waals surface area contributed by atoms with Gasteiger partial charge in [0.15, 0.2) is 5.84 Å². The molecule has 1 amide bonds. The number of halogens is 2. The Hall–Kier alpha value is -2.38. The Morgan fingerprint density at radius 1 is 1.52 bits per heavy atom. The Morgan fingerprint density at radius 2 is 2.14 bits per heavy atom. The summed E-state index contributed by atoms with van der Waals surface area (Å²) in [6, 6.07) is 5.58. The molecule has 0 aliphatic carbocycles. The average molecular weight is 301 g/mol. The Balaban J connectivity index is 3.04. The molecule has 0 aromatic heterocycles. The second kappa shape index (κ2) is 6.87. The first-order valence-electron chi connectivity index (χ1n) is 6.18. The second-order valence-electron chi connectivity index (χ2n) is 4.50. The number of benzene rings is 1. The summed E-state index contributed by atoms with van der Waals surface area (Å²) in [5, 5.41) is 14.2. The first-order valence-corrected chi connectivity index (χ1v) is 6.18. The molecule has 0 aliphatic heterocycles. The van der Waals surface area contributed by atoms with E-state index in [0.29, 0.717) is 6.42 Å². The van der Waals surface area contributed by atoms with Crippen LogP contribution in [-0.2, 0) is 0 Å². The van der Waals surface area contributed by atoms with Crippen LogP contribution >= 0.6 is 0 Å². The van der Waals surface area contributed by atoms with E-state index in [1.54, 1.807) is 13.8 Å².